The van der Waals surface area contributed by atoms with Crippen LogP contribution >= 0.6 is 0 Å². The highest BCUT2D eigenvalue weighted by molar-refractivity contribution is 5.82. The summed E-state index contributed by atoms with van der Waals surface area (Å²) >= 11 is 0. The number of rotatable bonds is 5. The molecule has 2 heteroatoms. The van der Waals surface area contributed by atoms with Gasteiger partial charge in [-0.25, -0.2) is 0 Å². The van der Waals surface area contributed by atoms with Crippen LogP contribution in [-0.4, -0.2) is 11.4 Å². The van der Waals surface area contributed by atoms with Crippen LogP contribution in [0.3, 0.4) is 0 Å². The average Bonchev–Trinajstić information content (AvgIpc) is 2.82. The smallest absolute Gasteiger partial charge is 0.153 e. The normalized spacial score (nSPS) is 11.8. The van der Waals surface area contributed by atoms with Crippen LogP contribution in [0.5, 0.6) is 5.75 Å². The summed E-state index contributed by atoms with van der Waals surface area (Å²) < 4.78 is 0. The topological polar surface area (TPSA) is 37.3 Å². The summed E-state index contributed by atoms with van der Waals surface area (Å²) in [5.74, 6) is 0.0549. The van der Waals surface area contributed by atoms with E-state index in [0.717, 1.165) is 34.1 Å². The Labute approximate surface area is 190 Å². The molecule has 2 nitrogen and oxygen atoms in total. The highest BCUT2D eigenvalue weighted by Gasteiger charge is 2.39. The largest absolute Gasteiger partial charge is 0.507 e. The minimum absolute atomic E-state index is 0.0549. The zero-order valence-electron chi connectivity index (χ0n) is 18.7. The Kier molecular flexibility index (Phi) is 5.71. The fourth-order valence-electron chi connectivity index (χ4n) is 4.60. The lowest BCUT2D eigenvalue weighted by atomic mass is 9.64. The molecule has 0 unspecified atom stereocenters. The molecule has 4 aromatic rings. The molecule has 0 spiro atoms. The van der Waals surface area contributed by atoms with Crippen LogP contribution in [-0.2, 0) is 10.8 Å². The van der Waals surface area contributed by atoms with Crippen LogP contribution < -0.4 is 0 Å². The number of carbonyl (C=O) groups excluding carboxylic acids is 1. The molecule has 32 heavy (non-hydrogen) atoms. The molecule has 0 heterocycles. The molecule has 0 aliphatic rings. The molecule has 0 radical (unpaired) electrons. The van der Waals surface area contributed by atoms with Gasteiger partial charge < -0.3 is 5.11 Å². The fraction of sp³-hybridized carbons (Fsp3) is 0.167. The van der Waals surface area contributed by atoms with Crippen molar-refractivity contribution in [3.63, 3.8) is 0 Å². The van der Waals surface area contributed by atoms with E-state index in [4.69, 9.17) is 0 Å². The lowest BCUT2D eigenvalue weighted by Gasteiger charge is -2.38. The average molecular weight is 421 g/mol. The summed E-state index contributed by atoms with van der Waals surface area (Å²) in [7, 11) is 0. The lowest BCUT2D eigenvalue weighted by Crippen LogP contribution is -2.31. The van der Waals surface area contributed by atoms with Crippen molar-refractivity contribution in [1.29, 1.82) is 0 Å². The van der Waals surface area contributed by atoms with Crippen molar-refractivity contribution in [1.82, 2.24) is 0 Å². The minimum Gasteiger partial charge on any atom is -0.507 e. The van der Waals surface area contributed by atoms with E-state index in [1.165, 1.54) is 0 Å². The second kappa shape index (κ2) is 8.47. The molecule has 4 rings (SSSR count). The summed E-state index contributed by atoms with van der Waals surface area (Å²) in [5, 5.41) is 10.9. The number of carbonyl (C=O) groups is 1. The van der Waals surface area contributed by atoms with Gasteiger partial charge in [0.05, 0.1) is 11.0 Å². The summed E-state index contributed by atoms with van der Waals surface area (Å²) in [6.07, 6.45) is 0.750. The van der Waals surface area contributed by atoms with Crippen molar-refractivity contribution in [2.45, 2.75) is 31.6 Å². The van der Waals surface area contributed by atoms with Crippen LogP contribution in [0.15, 0.2) is 103 Å². The summed E-state index contributed by atoms with van der Waals surface area (Å²) in [4.78, 5) is 12.0. The number of aldehydes is 1. The van der Waals surface area contributed by atoms with E-state index in [1.54, 1.807) is 0 Å². The standard InChI is InChI=1S/C30H28O2/c1-29(2,3)27-20-26(19-22(21-31)28(27)32)30(23-13-7-4-8-14-23,24-15-9-5-10-16-24)25-17-11-6-12-18-25/h4-21,32H,1-3H3. The van der Waals surface area contributed by atoms with Crippen LogP contribution in [0.25, 0.3) is 0 Å². The number of aromatic hydroxyl groups is 1. The first-order valence-electron chi connectivity index (χ1n) is 10.9. The molecule has 0 bridgehead atoms. The Morgan fingerprint density at radius 1 is 0.625 bits per heavy atom. The number of phenols is 1. The zero-order chi connectivity index (χ0) is 22.8. The van der Waals surface area contributed by atoms with Gasteiger partial charge in [-0.15, -0.1) is 0 Å². The Morgan fingerprint density at radius 3 is 1.38 bits per heavy atom. The van der Waals surface area contributed by atoms with E-state index in [1.807, 2.05) is 60.7 Å². The van der Waals surface area contributed by atoms with E-state index < -0.39 is 5.41 Å². The Morgan fingerprint density at radius 2 is 1.03 bits per heavy atom. The van der Waals surface area contributed by atoms with Gasteiger partial charge in [-0.3, -0.25) is 4.79 Å². The molecule has 1 N–H and O–H groups in total. The monoisotopic (exact) mass is 420 g/mol. The second-order valence-corrected chi connectivity index (χ2v) is 9.18. The maximum absolute atomic E-state index is 12.0. The van der Waals surface area contributed by atoms with Crippen molar-refractivity contribution in [2.24, 2.45) is 0 Å². The van der Waals surface area contributed by atoms with Gasteiger partial charge in [0.25, 0.3) is 0 Å². The number of hydrogen-bond donors (Lipinski definition) is 1. The molecular weight excluding hydrogens is 392 g/mol. The number of phenolic OH excluding ortho intramolecular Hbond substituents is 1. The molecule has 0 saturated carbocycles. The van der Waals surface area contributed by atoms with Gasteiger partial charge in [-0.05, 0) is 39.8 Å². The van der Waals surface area contributed by atoms with E-state index in [2.05, 4.69) is 63.2 Å². The molecule has 0 aliphatic carbocycles. The lowest BCUT2D eigenvalue weighted by molar-refractivity contribution is 0.112. The number of benzene rings is 4. The third-order valence-electron chi connectivity index (χ3n) is 6.13. The van der Waals surface area contributed by atoms with E-state index in [-0.39, 0.29) is 11.2 Å². The molecule has 160 valence electrons. The number of hydrogen-bond acceptors (Lipinski definition) is 2. The highest BCUT2D eigenvalue weighted by Crippen LogP contribution is 2.47. The van der Waals surface area contributed by atoms with Gasteiger partial charge in [0.2, 0.25) is 0 Å². The summed E-state index contributed by atoms with van der Waals surface area (Å²) in [6.45, 7) is 6.15. The zero-order valence-corrected chi connectivity index (χ0v) is 18.7. The molecule has 0 atom stereocenters. The summed E-state index contributed by atoms with van der Waals surface area (Å²) in [5.41, 5.74) is 4.30. The van der Waals surface area contributed by atoms with Crippen molar-refractivity contribution >= 4 is 6.29 Å². The van der Waals surface area contributed by atoms with Crippen LogP contribution in [0.1, 0.15) is 58.9 Å². The maximum atomic E-state index is 12.0. The van der Waals surface area contributed by atoms with Crippen LogP contribution in [0, 0.1) is 0 Å². The van der Waals surface area contributed by atoms with E-state index >= 15 is 0 Å². The van der Waals surface area contributed by atoms with Gasteiger partial charge >= 0.3 is 0 Å². The predicted octanol–water partition coefficient (Wildman–Crippen LogP) is 6.88. The first-order chi connectivity index (χ1) is 15.4. The fourth-order valence-corrected chi connectivity index (χ4v) is 4.60. The Balaban J connectivity index is 2.21. The van der Waals surface area contributed by atoms with Gasteiger partial charge in [-0.2, -0.15) is 0 Å². The Hall–Kier alpha value is -3.65. The minimum atomic E-state index is -0.658. The van der Waals surface area contributed by atoms with Crippen molar-refractivity contribution < 1.29 is 9.90 Å². The van der Waals surface area contributed by atoms with Gasteiger partial charge in [0, 0.05) is 5.56 Å². The third-order valence-corrected chi connectivity index (χ3v) is 6.13. The van der Waals surface area contributed by atoms with Crippen LogP contribution in [0.2, 0.25) is 0 Å². The maximum Gasteiger partial charge on any atom is 0.153 e. The molecular formula is C30H28O2. The van der Waals surface area contributed by atoms with Crippen molar-refractivity contribution in [3.8, 4) is 5.75 Å². The first kappa shape index (κ1) is 21.6. The van der Waals surface area contributed by atoms with E-state index in [9.17, 15) is 9.90 Å². The van der Waals surface area contributed by atoms with E-state index in [0.29, 0.717) is 5.56 Å². The first-order valence-corrected chi connectivity index (χ1v) is 10.9. The van der Waals surface area contributed by atoms with Gasteiger partial charge in [0.15, 0.2) is 6.29 Å². The quantitative estimate of drug-likeness (QED) is 0.282. The summed E-state index contributed by atoms with van der Waals surface area (Å²) in [6, 6.07) is 35.0. The Bertz CT molecular complexity index is 1110. The van der Waals surface area contributed by atoms with Crippen molar-refractivity contribution in [3.05, 3.63) is 137 Å². The molecule has 4 aromatic carbocycles. The van der Waals surface area contributed by atoms with Crippen molar-refractivity contribution in [2.75, 3.05) is 0 Å². The van der Waals surface area contributed by atoms with Gasteiger partial charge in [0.1, 0.15) is 5.75 Å². The highest BCUT2D eigenvalue weighted by atomic mass is 16.3. The van der Waals surface area contributed by atoms with Gasteiger partial charge in [-0.1, -0.05) is 112 Å². The SMILES string of the molecule is CC(C)(C)c1cc(C(c2ccccc2)(c2ccccc2)c2ccccc2)cc(C=O)c1O. The molecule has 0 fully saturated rings. The van der Waals surface area contributed by atoms with Crippen LogP contribution in [0.4, 0.5) is 0 Å². The molecule has 0 saturated heterocycles. The molecule has 0 amide bonds. The molecule has 0 aliphatic heterocycles. The predicted molar refractivity (Wildman–Crippen MR) is 131 cm³/mol. The molecule has 0 aromatic heterocycles. The second-order valence-electron chi connectivity index (χ2n) is 9.18. The third kappa shape index (κ3) is 3.62.